The van der Waals surface area contributed by atoms with Gasteiger partial charge in [-0.2, -0.15) is 0 Å². The summed E-state index contributed by atoms with van der Waals surface area (Å²) in [6.07, 6.45) is 0.0980. The number of halogens is 1. The number of guanidine groups is 1. The highest BCUT2D eigenvalue weighted by Crippen LogP contribution is 2.04. The van der Waals surface area contributed by atoms with Crippen LogP contribution in [0.15, 0.2) is 4.99 Å². The topological polar surface area (TPSA) is 85.7 Å². The van der Waals surface area contributed by atoms with Crippen molar-refractivity contribution in [3.05, 3.63) is 0 Å². The van der Waals surface area contributed by atoms with Crippen molar-refractivity contribution in [2.75, 3.05) is 19.7 Å². The van der Waals surface area contributed by atoms with Crippen molar-refractivity contribution in [1.29, 1.82) is 0 Å². The Balaban J connectivity index is 0.00000144. The van der Waals surface area contributed by atoms with E-state index >= 15 is 0 Å². The average molecular weight is 209 g/mol. The molecule has 78 valence electrons. The third kappa shape index (κ3) is 4.31. The molecule has 5 N–H and O–H groups in total. The maximum atomic E-state index is 5.46. The second-order valence-electron chi connectivity index (χ2n) is 2.91. The fourth-order valence-electron chi connectivity index (χ4n) is 1.21. The maximum Gasteiger partial charge on any atom is 0.186 e. The number of nitrogens with two attached hydrogens (primary N) is 2. The Morgan fingerprint density at radius 3 is 2.77 bits per heavy atom. The average Bonchev–Trinajstić information content (AvgIpc) is 2.05. The standard InChI is InChI=1S/C7H16N4O.ClH/c1-5(11-7(8)9)6-4-10-2-3-12-6;/h5-6,10H,2-4H2,1H3,(H4,8,9,11);1H. The zero-order chi connectivity index (χ0) is 8.97. The highest BCUT2D eigenvalue weighted by molar-refractivity contribution is 5.85. The molecule has 0 spiro atoms. The van der Waals surface area contributed by atoms with Gasteiger partial charge in [0.25, 0.3) is 0 Å². The van der Waals surface area contributed by atoms with E-state index < -0.39 is 0 Å². The molecule has 0 aliphatic carbocycles. The number of hydrogen-bond acceptors (Lipinski definition) is 3. The molecule has 0 aromatic rings. The largest absolute Gasteiger partial charge is 0.373 e. The van der Waals surface area contributed by atoms with Gasteiger partial charge < -0.3 is 21.5 Å². The molecule has 1 aliphatic heterocycles. The van der Waals surface area contributed by atoms with E-state index in [1.54, 1.807) is 0 Å². The minimum Gasteiger partial charge on any atom is -0.373 e. The Hall–Kier alpha value is -0.520. The van der Waals surface area contributed by atoms with Gasteiger partial charge in [0.2, 0.25) is 0 Å². The zero-order valence-electron chi connectivity index (χ0n) is 7.69. The molecule has 0 radical (unpaired) electrons. The van der Waals surface area contributed by atoms with Gasteiger partial charge in [-0.05, 0) is 6.92 Å². The molecule has 2 atom stereocenters. The minimum atomic E-state index is 0. The monoisotopic (exact) mass is 208 g/mol. The molecule has 0 aromatic heterocycles. The van der Waals surface area contributed by atoms with Gasteiger partial charge in [0.15, 0.2) is 5.96 Å². The smallest absolute Gasteiger partial charge is 0.186 e. The molecule has 1 saturated heterocycles. The third-order valence-corrected chi connectivity index (χ3v) is 1.85. The van der Waals surface area contributed by atoms with Crippen LogP contribution in [0.2, 0.25) is 0 Å². The van der Waals surface area contributed by atoms with Crippen molar-refractivity contribution in [2.45, 2.75) is 19.1 Å². The molecule has 1 heterocycles. The second-order valence-corrected chi connectivity index (χ2v) is 2.91. The van der Waals surface area contributed by atoms with Crippen LogP contribution in [0.3, 0.4) is 0 Å². The number of nitrogens with one attached hydrogen (secondary N) is 1. The molecule has 1 rings (SSSR count). The van der Waals surface area contributed by atoms with Crippen molar-refractivity contribution in [3.8, 4) is 0 Å². The Morgan fingerprint density at radius 2 is 2.31 bits per heavy atom. The molecule has 0 bridgehead atoms. The van der Waals surface area contributed by atoms with E-state index in [-0.39, 0.29) is 30.5 Å². The van der Waals surface area contributed by atoms with Crippen LogP contribution < -0.4 is 16.8 Å². The molecule has 13 heavy (non-hydrogen) atoms. The molecule has 0 amide bonds. The molecule has 0 saturated carbocycles. The summed E-state index contributed by atoms with van der Waals surface area (Å²) in [5, 5.41) is 3.21. The van der Waals surface area contributed by atoms with Gasteiger partial charge in [-0.3, -0.25) is 0 Å². The third-order valence-electron chi connectivity index (χ3n) is 1.85. The number of morpholine rings is 1. The van der Waals surface area contributed by atoms with Crippen LogP contribution in [0.25, 0.3) is 0 Å². The summed E-state index contributed by atoms with van der Waals surface area (Å²) in [5.74, 6) is 0.122. The first-order valence-corrected chi connectivity index (χ1v) is 4.11. The lowest BCUT2D eigenvalue weighted by molar-refractivity contribution is 0.0167. The van der Waals surface area contributed by atoms with E-state index in [1.165, 1.54) is 0 Å². The fourth-order valence-corrected chi connectivity index (χ4v) is 1.21. The predicted octanol–water partition coefficient (Wildman–Crippen LogP) is -0.941. The van der Waals surface area contributed by atoms with Gasteiger partial charge in [-0.25, -0.2) is 4.99 Å². The molecule has 0 aromatic carbocycles. The van der Waals surface area contributed by atoms with Gasteiger partial charge in [0, 0.05) is 13.1 Å². The van der Waals surface area contributed by atoms with Crippen LogP contribution in [0.5, 0.6) is 0 Å². The van der Waals surface area contributed by atoms with Crippen molar-refractivity contribution in [1.82, 2.24) is 5.32 Å². The lowest BCUT2D eigenvalue weighted by Gasteiger charge is -2.26. The summed E-state index contributed by atoms with van der Waals surface area (Å²) in [6, 6.07) is 0.0304. The highest BCUT2D eigenvalue weighted by Gasteiger charge is 2.19. The van der Waals surface area contributed by atoms with Crippen molar-refractivity contribution in [3.63, 3.8) is 0 Å². The maximum absolute atomic E-state index is 5.46. The summed E-state index contributed by atoms with van der Waals surface area (Å²) in [5.41, 5.74) is 10.5. The number of nitrogens with zero attached hydrogens (tertiary/aromatic N) is 1. The van der Waals surface area contributed by atoms with E-state index in [0.717, 1.165) is 19.7 Å². The number of aliphatic imine (C=N–C) groups is 1. The predicted molar refractivity (Wildman–Crippen MR) is 55.1 cm³/mol. The van der Waals surface area contributed by atoms with Crippen LogP contribution in [0, 0.1) is 0 Å². The lowest BCUT2D eigenvalue weighted by atomic mass is 10.2. The first kappa shape index (κ1) is 12.5. The van der Waals surface area contributed by atoms with Crippen LogP contribution in [0.1, 0.15) is 6.92 Å². The van der Waals surface area contributed by atoms with Gasteiger partial charge in [-0.15, -0.1) is 12.4 Å². The SMILES string of the molecule is CC(N=C(N)N)C1CNCCO1.Cl. The first-order valence-electron chi connectivity index (χ1n) is 4.11. The number of rotatable bonds is 2. The Morgan fingerprint density at radius 1 is 1.62 bits per heavy atom. The summed E-state index contributed by atoms with van der Waals surface area (Å²) < 4.78 is 5.46. The fraction of sp³-hybridized carbons (Fsp3) is 0.857. The van der Waals surface area contributed by atoms with Gasteiger partial charge in [0.1, 0.15) is 0 Å². The first-order chi connectivity index (χ1) is 5.70. The quantitative estimate of drug-likeness (QED) is 0.404. The normalized spacial score (nSPS) is 24.2. The molecule has 2 unspecified atom stereocenters. The van der Waals surface area contributed by atoms with Gasteiger partial charge >= 0.3 is 0 Å². The Kier molecular flexibility index (Phi) is 5.77. The summed E-state index contributed by atoms with van der Waals surface area (Å²) in [4.78, 5) is 4.01. The summed E-state index contributed by atoms with van der Waals surface area (Å²) in [6.45, 7) is 4.40. The lowest BCUT2D eigenvalue weighted by Crippen LogP contribution is -2.44. The number of hydrogen-bond donors (Lipinski definition) is 3. The molecular formula is C7H17ClN4O. The van der Waals surface area contributed by atoms with E-state index in [4.69, 9.17) is 16.2 Å². The van der Waals surface area contributed by atoms with E-state index in [2.05, 4.69) is 10.3 Å². The highest BCUT2D eigenvalue weighted by atomic mass is 35.5. The zero-order valence-corrected chi connectivity index (χ0v) is 8.51. The molecule has 1 fully saturated rings. The molecule has 6 heteroatoms. The minimum absolute atomic E-state index is 0. The van der Waals surface area contributed by atoms with Crippen LogP contribution >= 0.6 is 12.4 Å². The second kappa shape index (κ2) is 6.01. The Bertz CT molecular complexity index is 166. The van der Waals surface area contributed by atoms with Crippen molar-refractivity contribution >= 4 is 18.4 Å². The summed E-state index contributed by atoms with van der Waals surface area (Å²) in [7, 11) is 0. The Labute approximate surface area is 84.3 Å². The molecule has 1 aliphatic rings. The van der Waals surface area contributed by atoms with Crippen molar-refractivity contribution < 1.29 is 4.74 Å². The van der Waals surface area contributed by atoms with Gasteiger partial charge in [0.05, 0.1) is 18.8 Å². The molecule has 5 nitrogen and oxygen atoms in total. The van der Waals surface area contributed by atoms with E-state index in [9.17, 15) is 0 Å². The number of ether oxygens (including phenoxy) is 1. The molecular weight excluding hydrogens is 192 g/mol. The summed E-state index contributed by atoms with van der Waals surface area (Å²) >= 11 is 0. The van der Waals surface area contributed by atoms with E-state index in [1.807, 2.05) is 6.92 Å². The van der Waals surface area contributed by atoms with Crippen LogP contribution in [0.4, 0.5) is 0 Å². The van der Waals surface area contributed by atoms with Crippen molar-refractivity contribution in [2.24, 2.45) is 16.5 Å². The van der Waals surface area contributed by atoms with Crippen LogP contribution in [-0.2, 0) is 4.74 Å². The van der Waals surface area contributed by atoms with Gasteiger partial charge in [-0.1, -0.05) is 0 Å². The van der Waals surface area contributed by atoms with Crippen LogP contribution in [-0.4, -0.2) is 37.8 Å². The van der Waals surface area contributed by atoms with E-state index in [0.29, 0.717) is 0 Å².